The summed E-state index contributed by atoms with van der Waals surface area (Å²) in [6.07, 6.45) is 0. The van der Waals surface area contributed by atoms with Gasteiger partial charge in [0.1, 0.15) is 11.3 Å². The van der Waals surface area contributed by atoms with Gasteiger partial charge in [0.15, 0.2) is 10.7 Å². The Labute approximate surface area is 215 Å². The molecular formula is C26H17Cl2N3O3S. The highest BCUT2D eigenvalue weighted by Crippen LogP contribution is 2.34. The van der Waals surface area contributed by atoms with Gasteiger partial charge in [0.25, 0.3) is 5.91 Å². The number of carbonyl (C=O) groups excluding carboxylic acids is 1. The highest BCUT2D eigenvalue weighted by molar-refractivity contribution is 7.80. The van der Waals surface area contributed by atoms with Crippen LogP contribution in [-0.4, -0.2) is 23.1 Å². The molecule has 174 valence electrons. The highest BCUT2D eigenvalue weighted by Gasteiger charge is 2.16. The van der Waals surface area contributed by atoms with Gasteiger partial charge in [-0.05, 0) is 66.1 Å². The first-order valence-electron chi connectivity index (χ1n) is 10.5. The maximum atomic E-state index is 12.7. The topological polar surface area (TPSA) is 76.4 Å². The van der Waals surface area contributed by atoms with E-state index in [1.54, 1.807) is 30.3 Å². The zero-order chi connectivity index (χ0) is 24.5. The summed E-state index contributed by atoms with van der Waals surface area (Å²) in [6.45, 7) is 0. The van der Waals surface area contributed by atoms with Gasteiger partial charge in [-0.1, -0.05) is 47.5 Å². The molecule has 1 amide bonds. The molecule has 0 saturated heterocycles. The summed E-state index contributed by atoms with van der Waals surface area (Å²) in [7, 11) is 1.48. The normalized spacial score (nSPS) is 10.9. The van der Waals surface area contributed by atoms with Crippen LogP contribution in [0.25, 0.3) is 33.3 Å². The number of nitrogens with one attached hydrogen (secondary N) is 2. The molecule has 0 bridgehead atoms. The number of amides is 1. The smallest absolute Gasteiger partial charge is 0.261 e. The number of rotatable bonds is 4. The second kappa shape index (κ2) is 9.54. The fourth-order valence-corrected chi connectivity index (χ4v) is 4.39. The van der Waals surface area contributed by atoms with Crippen molar-refractivity contribution in [2.45, 2.75) is 0 Å². The first-order valence-corrected chi connectivity index (χ1v) is 11.6. The third kappa shape index (κ3) is 4.66. The number of halogens is 2. The zero-order valence-corrected chi connectivity index (χ0v) is 20.6. The first-order chi connectivity index (χ1) is 16.9. The summed E-state index contributed by atoms with van der Waals surface area (Å²) in [5.74, 6) is 0.427. The Morgan fingerprint density at radius 1 is 1.00 bits per heavy atom. The first kappa shape index (κ1) is 23.1. The third-order valence-corrected chi connectivity index (χ3v) is 6.15. The molecule has 0 atom stereocenters. The molecule has 0 aliphatic heterocycles. The van der Waals surface area contributed by atoms with Crippen molar-refractivity contribution < 1.29 is 13.9 Å². The van der Waals surface area contributed by atoms with E-state index in [9.17, 15) is 4.79 Å². The molecule has 0 aliphatic rings. The van der Waals surface area contributed by atoms with Crippen molar-refractivity contribution in [3.63, 3.8) is 0 Å². The van der Waals surface area contributed by atoms with Crippen LogP contribution >= 0.6 is 35.4 Å². The molecule has 0 spiro atoms. The maximum absolute atomic E-state index is 12.7. The quantitative estimate of drug-likeness (QED) is 0.246. The monoisotopic (exact) mass is 521 g/mol. The summed E-state index contributed by atoms with van der Waals surface area (Å²) in [5.41, 5.74) is 3.00. The maximum Gasteiger partial charge on any atom is 0.261 e. The molecule has 2 N–H and O–H groups in total. The Hall–Kier alpha value is -3.65. The number of aromatic nitrogens is 1. The summed E-state index contributed by atoms with van der Waals surface area (Å²) in [6, 6.07) is 21.7. The molecule has 0 saturated carbocycles. The number of carbonyl (C=O) groups is 1. The Kier molecular flexibility index (Phi) is 6.30. The molecule has 4 aromatic carbocycles. The fraction of sp³-hybridized carbons (Fsp3) is 0.0385. The van der Waals surface area contributed by atoms with Gasteiger partial charge in [0.2, 0.25) is 5.89 Å². The Balaban J connectivity index is 1.38. The molecule has 1 heterocycles. The lowest BCUT2D eigenvalue weighted by atomic mass is 10.0. The summed E-state index contributed by atoms with van der Waals surface area (Å²) >= 11 is 17.7. The number of methoxy groups -OCH3 is 1. The van der Waals surface area contributed by atoms with Gasteiger partial charge in [-0.25, -0.2) is 4.98 Å². The third-order valence-electron chi connectivity index (χ3n) is 5.38. The van der Waals surface area contributed by atoms with Crippen LogP contribution in [0.4, 0.5) is 5.69 Å². The molecule has 1 aromatic heterocycles. The SMILES string of the molecule is COc1ccc(Cl)cc1C(=O)NC(=S)Nc1ccc2oc(-c3cccc4c(Cl)cccc34)nc2c1. The zero-order valence-electron chi connectivity index (χ0n) is 18.3. The van der Waals surface area contributed by atoms with Crippen molar-refractivity contribution in [3.8, 4) is 17.2 Å². The molecule has 9 heteroatoms. The second-order valence-electron chi connectivity index (χ2n) is 7.59. The fourth-order valence-electron chi connectivity index (χ4n) is 3.77. The van der Waals surface area contributed by atoms with Crippen LogP contribution in [0.2, 0.25) is 10.0 Å². The predicted molar refractivity (Wildman–Crippen MR) is 144 cm³/mol. The van der Waals surface area contributed by atoms with Crippen molar-refractivity contribution in [2.24, 2.45) is 0 Å². The highest BCUT2D eigenvalue weighted by atomic mass is 35.5. The summed E-state index contributed by atoms with van der Waals surface area (Å²) < 4.78 is 11.2. The summed E-state index contributed by atoms with van der Waals surface area (Å²) in [5, 5.41) is 8.70. The van der Waals surface area contributed by atoms with E-state index in [1.807, 2.05) is 36.4 Å². The largest absolute Gasteiger partial charge is 0.496 e. The molecule has 6 nitrogen and oxygen atoms in total. The van der Waals surface area contributed by atoms with Crippen LogP contribution in [0.1, 0.15) is 10.4 Å². The van der Waals surface area contributed by atoms with Crippen molar-refractivity contribution in [2.75, 3.05) is 12.4 Å². The van der Waals surface area contributed by atoms with Gasteiger partial charge < -0.3 is 14.5 Å². The van der Waals surface area contributed by atoms with E-state index in [1.165, 1.54) is 13.2 Å². The van der Waals surface area contributed by atoms with Gasteiger partial charge in [-0.2, -0.15) is 0 Å². The van der Waals surface area contributed by atoms with Gasteiger partial charge >= 0.3 is 0 Å². The average molecular weight is 522 g/mol. The minimum atomic E-state index is -0.443. The van der Waals surface area contributed by atoms with Crippen LogP contribution in [0, 0.1) is 0 Å². The molecule has 0 radical (unpaired) electrons. The lowest BCUT2D eigenvalue weighted by molar-refractivity contribution is 0.0975. The van der Waals surface area contributed by atoms with Crippen molar-refractivity contribution in [3.05, 3.63) is 88.4 Å². The summed E-state index contributed by atoms with van der Waals surface area (Å²) in [4.78, 5) is 17.3. The lowest BCUT2D eigenvalue weighted by Crippen LogP contribution is -2.34. The number of benzene rings is 4. The van der Waals surface area contributed by atoms with Gasteiger partial charge in [0.05, 0.1) is 12.7 Å². The van der Waals surface area contributed by atoms with Crippen molar-refractivity contribution in [1.29, 1.82) is 0 Å². The van der Waals surface area contributed by atoms with Crippen molar-refractivity contribution in [1.82, 2.24) is 10.3 Å². The van der Waals surface area contributed by atoms with Gasteiger partial charge in [0, 0.05) is 26.7 Å². The van der Waals surface area contributed by atoms with Crippen LogP contribution < -0.4 is 15.4 Å². The molecule has 5 rings (SSSR count). The van der Waals surface area contributed by atoms with Gasteiger partial charge in [-0.15, -0.1) is 0 Å². The number of hydrogen-bond donors (Lipinski definition) is 2. The number of nitrogens with zero attached hydrogens (tertiary/aromatic N) is 1. The van der Waals surface area contributed by atoms with Crippen LogP contribution in [0.5, 0.6) is 5.75 Å². The molecule has 0 fully saturated rings. The van der Waals surface area contributed by atoms with Crippen molar-refractivity contribution >= 4 is 74.0 Å². The Bertz CT molecular complexity index is 1620. The molecule has 35 heavy (non-hydrogen) atoms. The minimum Gasteiger partial charge on any atom is -0.496 e. The number of oxazole rings is 1. The lowest BCUT2D eigenvalue weighted by Gasteiger charge is -2.12. The van der Waals surface area contributed by atoms with Gasteiger partial charge in [-0.3, -0.25) is 10.1 Å². The van der Waals surface area contributed by atoms with Crippen LogP contribution in [-0.2, 0) is 0 Å². The number of fused-ring (bicyclic) bond motifs is 2. The number of thiocarbonyl (C=S) groups is 1. The molecule has 5 aromatic rings. The Morgan fingerprint density at radius 2 is 1.80 bits per heavy atom. The minimum absolute atomic E-state index is 0.115. The average Bonchev–Trinajstić information content (AvgIpc) is 3.27. The van der Waals surface area contributed by atoms with Crippen LogP contribution in [0.3, 0.4) is 0 Å². The molecular weight excluding hydrogens is 505 g/mol. The molecule has 0 unspecified atom stereocenters. The number of anilines is 1. The van der Waals surface area contributed by atoms with E-state index in [0.717, 1.165) is 16.3 Å². The predicted octanol–water partition coefficient (Wildman–Crippen LogP) is 7.09. The van der Waals surface area contributed by atoms with Crippen LogP contribution in [0.15, 0.2) is 77.2 Å². The number of hydrogen-bond acceptors (Lipinski definition) is 5. The van der Waals surface area contributed by atoms with E-state index in [0.29, 0.717) is 38.5 Å². The molecule has 0 aliphatic carbocycles. The van der Waals surface area contributed by atoms with E-state index < -0.39 is 5.91 Å². The van der Waals surface area contributed by atoms with E-state index in [4.69, 9.17) is 44.6 Å². The number of ether oxygens (including phenoxy) is 1. The van der Waals surface area contributed by atoms with E-state index >= 15 is 0 Å². The second-order valence-corrected chi connectivity index (χ2v) is 8.85. The van der Waals surface area contributed by atoms with E-state index in [-0.39, 0.29) is 10.7 Å². The Morgan fingerprint density at radius 3 is 2.63 bits per heavy atom. The standard InChI is InChI=1S/C26H17Cl2N3O3S/c1-33-22-10-8-14(27)12-19(22)24(32)31-26(35)29-15-9-11-23-21(13-15)30-25(34-23)18-6-2-5-17-16(18)4-3-7-20(17)28/h2-13H,1H3,(H2,29,31,32,35). The van der Waals surface area contributed by atoms with E-state index in [2.05, 4.69) is 15.6 Å².